The third-order valence-electron chi connectivity index (χ3n) is 4.29. The predicted molar refractivity (Wildman–Crippen MR) is 128 cm³/mol. The van der Waals surface area contributed by atoms with E-state index in [9.17, 15) is 9.59 Å². The largest absolute Gasteiger partial charge is 0.444 e. The average molecular weight is 458 g/mol. The Morgan fingerprint density at radius 3 is 2.55 bits per heavy atom. The van der Waals surface area contributed by atoms with Crippen molar-refractivity contribution in [1.82, 2.24) is 9.88 Å². The molecule has 1 N–H and O–H groups in total. The lowest BCUT2D eigenvalue weighted by Crippen LogP contribution is -2.36. The standard InChI is InChI=1S/C23H27N3O3S2/c1-5-26(22(28)29-23(2,3)4)14-16-10-6-7-11-17(16)24-20(27)15-30-21-25-18-12-8-9-13-19(18)31-21/h6-13H,5,14-15H2,1-4H3,(H,24,27). The lowest BCUT2D eigenvalue weighted by Gasteiger charge is -2.27. The molecule has 0 saturated carbocycles. The number of amides is 2. The van der Waals surface area contributed by atoms with Gasteiger partial charge in [-0.1, -0.05) is 42.1 Å². The van der Waals surface area contributed by atoms with Crippen molar-refractivity contribution in [3.8, 4) is 0 Å². The minimum Gasteiger partial charge on any atom is -0.444 e. The number of nitrogens with zero attached hydrogens (tertiary/aromatic N) is 2. The maximum atomic E-state index is 12.6. The molecule has 3 aromatic rings. The van der Waals surface area contributed by atoms with E-state index in [2.05, 4.69) is 10.3 Å². The summed E-state index contributed by atoms with van der Waals surface area (Å²) in [6, 6.07) is 15.4. The summed E-state index contributed by atoms with van der Waals surface area (Å²) in [5, 5.41) is 2.97. The monoisotopic (exact) mass is 457 g/mol. The van der Waals surface area contributed by atoms with E-state index in [1.54, 1.807) is 16.2 Å². The molecule has 0 fully saturated rings. The molecule has 0 unspecified atom stereocenters. The molecule has 2 amide bonds. The Hall–Kier alpha value is -2.58. The second-order valence-corrected chi connectivity index (χ2v) is 10.2. The molecule has 1 heterocycles. The predicted octanol–water partition coefficient (Wildman–Crippen LogP) is 5.78. The van der Waals surface area contributed by atoms with E-state index in [1.807, 2.05) is 76.2 Å². The van der Waals surface area contributed by atoms with Crippen LogP contribution in [0.4, 0.5) is 10.5 Å². The number of carbonyl (C=O) groups is 2. The minimum absolute atomic E-state index is 0.114. The van der Waals surface area contributed by atoms with Crippen LogP contribution < -0.4 is 5.32 Å². The molecular weight excluding hydrogens is 430 g/mol. The quantitative estimate of drug-likeness (QED) is 0.455. The fraction of sp³-hybridized carbons (Fsp3) is 0.348. The van der Waals surface area contributed by atoms with Crippen LogP contribution >= 0.6 is 23.1 Å². The number of carbonyl (C=O) groups excluding carboxylic acids is 2. The zero-order valence-electron chi connectivity index (χ0n) is 18.2. The molecule has 164 valence electrons. The summed E-state index contributed by atoms with van der Waals surface area (Å²) in [4.78, 5) is 31.2. The van der Waals surface area contributed by atoms with E-state index >= 15 is 0 Å². The minimum atomic E-state index is -0.559. The van der Waals surface area contributed by atoms with Crippen LogP contribution in [0.5, 0.6) is 0 Å². The third kappa shape index (κ3) is 6.70. The Kier molecular flexibility index (Phi) is 7.56. The van der Waals surface area contributed by atoms with E-state index in [1.165, 1.54) is 11.8 Å². The van der Waals surface area contributed by atoms with Gasteiger partial charge >= 0.3 is 6.09 Å². The van der Waals surface area contributed by atoms with Crippen molar-refractivity contribution >= 4 is 51.0 Å². The van der Waals surface area contributed by atoms with Crippen molar-refractivity contribution in [2.75, 3.05) is 17.6 Å². The first-order valence-corrected chi connectivity index (χ1v) is 11.9. The van der Waals surface area contributed by atoms with E-state index in [-0.39, 0.29) is 17.8 Å². The van der Waals surface area contributed by atoms with Crippen molar-refractivity contribution in [3.05, 3.63) is 54.1 Å². The fourth-order valence-electron chi connectivity index (χ4n) is 2.84. The first-order valence-electron chi connectivity index (χ1n) is 10.1. The SMILES string of the molecule is CCN(Cc1ccccc1NC(=O)CSc1nc2ccccc2s1)C(=O)OC(C)(C)C. The Bertz CT molecular complexity index is 1030. The van der Waals surface area contributed by atoms with Crippen LogP contribution in [0, 0.1) is 0 Å². The highest BCUT2D eigenvalue weighted by atomic mass is 32.2. The van der Waals surface area contributed by atoms with Crippen molar-refractivity contribution < 1.29 is 14.3 Å². The Labute approximate surface area is 191 Å². The van der Waals surface area contributed by atoms with Gasteiger partial charge in [-0.2, -0.15) is 0 Å². The number of thioether (sulfide) groups is 1. The van der Waals surface area contributed by atoms with Gasteiger partial charge in [0, 0.05) is 12.2 Å². The molecular formula is C23H27N3O3S2. The van der Waals surface area contributed by atoms with Crippen molar-refractivity contribution in [1.29, 1.82) is 0 Å². The molecule has 0 atom stereocenters. The zero-order valence-corrected chi connectivity index (χ0v) is 19.8. The van der Waals surface area contributed by atoms with Crippen LogP contribution in [0.2, 0.25) is 0 Å². The number of rotatable bonds is 7. The topological polar surface area (TPSA) is 71.5 Å². The van der Waals surface area contributed by atoms with Gasteiger partial charge in [0.25, 0.3) is 0 Å². The molecule has 0 radical (unpaired) electrons. The molecule has 2 aromatic carbocycles. The summed E-state index contributed by atoms with van der Waals surface area (Å²) in [7, 11) is 0. The third-order valence-corrected chi connectivity index (χ3v) is 6.47. The normalized spacial score (nSPS) is 11.4. The Morgan fingerprint density at radius 2 is 1.84 bits per heavy atom. The number of hydrogen-bond donors (Lipinski definition) is 1. The molecule has 8 heteroatoms. The van der Waals surface area contributed by atoms with Gasteiger partial charge in [-0.05, 0) is 51.5 Å². The molecule has 0 spiro atoms. The van der Waals surface area contributed by atoms with Crippen LogP contribution in [-0.4, -0.2) is 39.8 Å². The first kappa shape index (κ1) is 23.1. The molecule has 3 rings (SSSR count). The van der Waals surface area contributed by atoms with Crippen molar-refractivity contribution in [2.45, 2.75) is 44.2 Å². The summed E-state index contributed by atoms with van der Waals surface area (Å²) in [6.45, 7) is 8.29. The summed E-state index contributed by atoms with van der Waals surface area (Å²) >= 11 is 3.00. The molecule has 0 aliphatic carbocycles. The van der Waals surface area contributed by atoms with Gasteiger partial charge in [0.2, 0.25) is 5.91 Å². The van der Waals surface area contributed by atoms with Crippen LogP contribution in [0.3, 0.4) is 0 Å². The number of ether oxygens (including phenoxy) is 1. The summed E-state index contributed by atoms with van der Waals surface area (Å²) in [6.07, 6.45) is -0.373. The number of nitrogens with one attached hydrogen (secondary N) is 1. The molecule has 0 aliphatic heterocycles. The van der Waals surface area contributed by atoms with E-state index in [0.29, 0.717) is 18.8 Å². The van der Waals surface area contributed by atoms with Crippen molar-refractivity contribution in [3.63, 3.8) is 0 Å². The fourth-order valence-corrected chi connectivity index (χ4v) is 4.71. The number of hydrogen-bond acceptors (Lipinski definition) is 6. The molecule has 1 aromatic heterocycles. The summed E-state index contributed by atoms with van der Waals surface area (Å²) in [5.74, 6) is 0.148. The van der Waals surface area contributed by atoms with Gasteiger partial charge in [0.1, 0.15) is 5.60 Å². The number of anilines is 1. The molecule has 0 saturated heterocycles. The van der Waals surface area contributed by atoms with Crippen molar-refractivity contribution in [2.24, 2.45) is 0 Å². The zero-order chi connectivity index (χ0) is 22.4. The van der Waals surface area contributed by atoms with Crippen LogP contribution in [0.1, 0.15) is 33.3 Å². The smallest absolute Gasteiger partial charge is 0.410 e. The van der Waals surface area contributed by atoms with Crippen LogP contribution in [-0.2, 0) is 16.1 Å². The van der Waals surface area contributed by atoms with Gasteiger partial charge in [-0.25, -0.2) is 9.78 Å². The second kappa shape index (κ2) is 10.2. The number of benzene rings is 2. The van der Waals surface area contributed by atoms with E-state index < -0.39 is 5.60 Å². The number of para-hydroxylation sites is 2. The van der Waals surface area contributed by atoms with E-state index in [4.69, 9.17) is 4.74 Å². The maximum Gasteiger partial charge on any atom is 0.410 e. The molecule has 0 aliphatic rings. The van der Waals surface area contributed by atoms with Gasteiger partial charge in [0.05, 0.1) is 22.5 Å². The van der Waals surface area contributed by atoms with Gasteiger partial charge in [-0.3, -0.25) is 4.79 Å². The average Bonchev–Trinajstić information content (AvgIpc) is 3.13. The lowest BCUT2D eigenvalue weighted by molar-refractivity contribution is -0.113. The summed E-state index contributed by atoms with van der Waals surface area (Å²) < 4.78 is 7.46. The number of aromatic nitrogens is 1. The highest BCUT2D eigenvalue weighted by Crippen LogP contribution is 2.29. The Morgan fingerprint density at radius 1 is 1.13 bits per heavy atom. The lowest BCUT2D eigenvalue weighted by atomic mass is 10.1. The van der Waals surface area contributed by atoms with E-state index in [0.717, 1.165) is 20.1 Å². The first-order chi connectivity index (χ1) is 14.7. The number of fused-ring (bicyclic) bond motifs is 1. The second-order valence-electron chi connectivity index (χ2n) is 7.94. The molecule has 0 bridgehead atoms. The summed E-state index contributed by atoms with van der Waals surface area (Å²) in [5.41, 5.74) is 1.94. The van der Waals surface area contributed by atoms with Crippen LogP contribution in [0.25, 0.3) is 10.2 Å². The van der Waals surface area contributed by atoms with Gasteiger partial charge in [-0.15, -0.1) is 11.3 Å². The maximum absolute atomic E-state index is 12.6. The molecule has 6 nitrogen and oxygen atoms in total. The van der Waals surface area contributed by atoms with Crippen LogP contribution in [0.15, 0.2) is 52.9 Å². The van der Waals surface area contributed by atoms with Gasteiger partial charge in [0.15, 0.2) is 4.34 Å². The highest BCUT2D eigenvalue weighted by Gasteiger charge is 2.22. The molecule has 31 heavy (non-hydrogen) atoms. The highest BCUT2D eigenvalue weighted by molar-refractivity contribution is 8.01. The van der Waals surface area contributed by atoms with Gasteiger partial charge < -0.3 is 15.0 Å². The number of thiazole rings is 1. The Balaban J connectivity index is 1.62.